The predicted molar refractivity (Wildman–Crippen MR) is 70.3 cm³/mol. The summed E-state index contributed by atoms with van der Waals surface area (Å²) in [5, 5.41) is 0. The van der Waals surface area contributed by atoms with Crippen LogP contribution in [-0.4, -0.2) is 42.4 Å². The van der Waals surface area contributed by atoms with Gasteiger partial charge in [-0.2, -0.15) is 48.3 Å². The highest BCUT2D eigenvalue weighted by Gasteiger charge is 2.76. The molecule has 2 rings (SSSR count). The molecule has 28 heavy (non-hydrogen) atoms. The van der Waals surface area contributed by atoms with Crippen LogP contribution in [0.2, 0.25) is 0 Å². The van der Waals surface area contributed by atoms with Crippen LogP contribution in [0.5, 0.6) is 0 Å². The third kappa shape index (κ3) is 3.93. The Hall–Kier alpha value is -1.56. The summed E-state index contributed by atoms with van der Waals surface area (Å²) < 4.78 is 145. The number of ether oxygens (including phenoxy) is 1. The number of alkyl halides is 11. The van der Waals surface area contributed by atoms with E-state index in [-0.39, 0.29) is 18.3 Å². The van der Waals surface area contributed by atoms with Crippen LogP contribution in [0.1, 0.15) is 19.3 Å². The van der Waals surface area contributed by atoms with Gasteiger partial charge in [0.05, 0.1) is 12.3 Å². The molecule has 162 valence electrons. The maximum atomic E-state index is 13.6. The van der Waals surface area contributed by atoms with Crippen LogP contribution in [0.3, 0.4) is 0 Å². The number of hydrogen-bond donors (Lipinski definition) is 0. The van der Waals surface area contributed by atoms with E-state index in [1.165, 1.54) is 0 Å². The molecule has 0 aromatic carbocycles. The lowest BCUT2D eigenvalue weighted by atomic mass is 9.94. The Morgan fingerprint density at radius 2 is 1.39 bits per heavy atom. The first-order valence-electron chi connectivity index (χ1n) is 7.84. The first-order valence-corrected chi connectivity index (χ1v) is 7.84. The third-order valence-corrected chi connectivity index (χ3v) is 4.77. The molecule has 0 aromatic rings. The largest absolute Gasteiger partial charge is 0.459 e. The molecule has 0 aliphatic heterocycles. The molecule has 1 fully saturated rings. The zero-order valence-electron chi connectivity index (χ0n) is 13.7. The Balaban J connectivity index is 2.04. The summed E-state index contributed by atoms with van der Waals surface area (Å²) >= 11 is 0. The average molecular weight is 434 g/mol. The summed E-state index contributed by atoms with van der Waals surface area (Å²) in [7, 11) is 0. The van der Waals surface area contributed by atoms with Gasteiger partial charge in [0.2, 0.25) is 0 Å². The minimum Gasteiger partial charge on any atom is -0.459 e. The second kappa shape index (κ2) is 6.75. The first-order chi connectivity index (χ1) is 12.4. The Bertz CT molecular complexity index is 638. The van der Waals surface area contributed by atoms with Crippen molar-refractivity contribution in [2.24, 2.45) is 17.8 Å². The fourth-order valence-electron chi connectivity index (χ4n) is 3.15. The van der Waals surface area contributed by atoms with E-state index >= 15 is 0 Å². The molecule has 0 spiro atoms. The molecular weight excluding hydrogens is 421 g/mol. The molecule has 1 saturated carbocycles. The molecule has 2 aliphatic carbocycles. The van der Waals surface area contributed by atoms with Gasteiger partial charge < -0.3 is 4.74 Å². The van der Waals surface area contributed by atoms with Crippen molar-refractivity contribution in [3.05, 3.63) is 12.2 Å². The minimum absolute atomic E-state index is 0.0206. The molecule has 13 heteroatoms. The molecule has 2 aliphatic rings. The lowest BCUT2D eigenvalue weighted by Gasteiger charge is -2.33. The third-order valence-electron chi connectivity index (χ3n) is 4.77. The molecule has 0 N–H and O–H groups in total. The SMILES string of the molecule is O=C(OCC(F)(F)C(F)(F)CC(F)(F)C(F)(F)C(F)(F)F)C1CC2C=CC1C2. The van der Waals surface area contributed by atoms with Gasteiger partial charge in [-0.25, -0.2) is 0 Å². The summed E-state index contributed by atoms with van der Waals surface area (Å²) in [4.78, 5) is 11.7. The van der Waals surface area contributed by atoms with Crippen LogP contribution in [0.15, 0.2) is 12.2 Å². The first kappa shape index (κ1) is 22.7. The minimum atomic E-state index is -6.97. The molecule has 0 saturated heterocycles. The Kier molecular flexibility index (Phi) is 5.48. The predicted octanol–water partition coefficient (Wildman–Crippen LogP) is 5.24. The van der Waals surface area contributed by atoms with Gasteiger partial charge in [-0.15, -0.1) is 0 Å². The van der Waals surface area contributed by atoms with Gasteiger partial charge in [-0.3, -0.25) is 4.79 Å². The molecular formula is C15H13F11O2. The fourth-order valence-corrected chi connectivity index (χ4v) is 3.15. The maximum absolute atomic E-state index is 13.6. The molecule has 2 nitrogen and oxygen atoms in total. The van der Waals surface area contributed by atoms with Crippen LogP contribution in [0.4, 0.5) is 48.3 Å². The van der Waals surface area contributed by atoms with Crippen molar-refractivity contribution in [3.63, 3.8) is 0 Å². The van der Waals surface area contributed by atoms with E-state index in [2.05, 4.69) is 4.74 Å². The van der Waals surface area contributed by atoms with E-state index in [9.17, 15) is 53.1 Å². The number of carbonyl (C=O) groups is 1. The Morgan fingerprint density at radius 3 is 1.82 bits per heavy atom. The molecule has 0 radical (unpaired) electrons. The normalized spacial score (nSPS) is 26.0. The number of fused-ring (bicyclic) bond motifs is 2. The van der Waals surface area contributed by atoms with Gasteiger partial charge in [-0.05, 0) is 24.7 Å². The molecule has 3 atom stereocenters. The van der Waals surface area contributed by atoms with Gasteiger partial charge in [0, 0.05) is 0 Å². The maximum Gasteiger partial charge on any atom is 0.459 e. The van der Waals surface area contributed by atoms with E-state index in [1.807, 2.05) is 0 Å². The lowest BCUT2D eigenvalue weighted by Crippen LogP contribution is -2.57. The quantitative estimate of drug-likeness (QED) is 0.312. The molecule has 2 bridgehead atoms. The molecule has 0 amide bonds. The van der Waals surface area contributed by atoms with Crippen LogP contribution >= 0.6 is 0 Å². The molecule has 0 aromatic heterocycles. The van der Waals surface area contributed by atoms with Gasteiger partial charge in [0.25, 0.3) is 0 Å². The van der Waals surface area contributed by atoms with E-state index in [1.54, 1.807) is 12.2 Å². The van der Waals surface area contributed by atoms with E-state index in [0.717, 1.165) is 0 Å². The zero-order chi connectivity index (χ0) is 21.8. The highest BCUT2D eigenvalue weighted by molar-refractivity contribution is 5.74. The van der Waals surface area contributed by atoms with Gasteiger partial charge >= 0.3 is 35.8 Å². The number of allylic oxidation sites excluding steroid dienone is 2. The number of rotatable bonds is 7. The summed E-state index contributed by atoms with van der Waals surface area (Å²) in [6.07, 6.45) is -6.65. The number of halogens is 11. The monoisotopic (exact) mass is 434 g/mol. The van der Waals surface area contributed by atoms with E-state index in [4.69, 9.17) is 0 Å². The summed E-state index contributed by atoms with van der Waals surface area (Å²) in [6, 6.07) is 0. The van der Waals surface area contributed by atoms with Crippen molar-refractivity contribution >= 4 is 5.97 Å². The van der Waals surface area contributed by atoms with Crippen molar-refractivity contribution in [2.45, 2.75) is 49.1 Å². The van der Waals surface area contributed by atoms with Gasteiger partial charge in [0.1, 0.15) is 0 Å². The number of esters is 1. The fraction of sp³-hybridized carbons (Fsp3) is 0.800. The van der Waals surface area contributed by atoms with Gasteiger partial charge in [0.15, 0.2) is 6.61 Å². The summed E-state index contributed by atoms with van der Waals surface area (Å²) in [5.74, 6) is -27.7. The number of carbonyl (C=O) groups excluding carboxylic acids is 1. The van der Waals surface area contributed by atoms with Crippen LogP contribution < -0.4 is 0 Å². The highest BCUT2D eigenvalue weighted by atomic mass is 19.4. The van der Waals surface area contributed by atoms with Gasteiger partial charge in [-0.1, -0.05) is 12.2 Å². The molecule has 0 heterocycles. The van der Waals surface area contributed by atoms with Crippen molar-refractivity contribution in [3.8, 4) is 0 Å². The second-order valence-corrected chi connectivity index (χ2v) is 6.86. The van der Waals surface area contributed by atoms with Crippen molar-refractivity contribution < 1.29 is 57.8 Å². The van der Waals surface area contributed by atoms with Crippen LogP contribution in [0.25, 0.3) is 0 Å². The Labute approximate surface area is 150 Å². The van der Waals surface area contributed by atoms with Crippen molar-refractivity contribution in [1.82, 2.24) is 0 Å². The van der Waals surface area contributed by atoms with E-state index in [0.29, 0.717) is 6.42 Å². The summed E-state index contributed by atoms with van der Waals surface area (Å²) in [5.41, 5.74) is 0. The lowest BCUT2D eigenvalue weighted by molar-refractivity contribution is -0.371. The second-order valence-electron chi connectivity index (χ2n) is 6.86. The summed E-state index contributed by atoms with van der Waals surface area (Å²) in [6.45, 7) is -2.44. The topological polar surface area (TPSA) is 26.3 Å². The highest BCUT2D eigenvalue weighted by Crippen LogP contribution is 2.53. The smallest absolute Gasteiger partial charge is 0.459 e. The average Bonchev–Trinajstić information content (AvgIpc) is 3.13. The number of hydrogen-bond acceptors (Lipinski definition) is 2. The Morgan fingerprint density at radius 1 is 0.821 bits per heavy atom. The van der Waals surface area contributed by atoms with Crippen molar-refractivity contribution in [2.75, 3.05) is 6.61 Å². The zero-order valence-corrected chi connectivity index (χ0v) is 13.7. The standard InChI is InChI=1S/C15H13F11O2/c16-11(17,5-12(18,19)14(22,23)15(24,25)26)13(20,21)6-28-10(27)9-4-7-1-2-8(9)3-7/h1-2,7-9H,3-6H2. The van der Waals surface area contributed by atoms with Crippen LogP contribution in [-0.2, 0) is 9.53 Å². The van der Waals surface area contributed by atoms with Crippen LogP contribution in [0, 0.1) is 17.8 Å². The van der Waals surface area contributed by atoms with E-state index < -0.39 is 54.8 Å². The molecule has 3 unspecified atom stereocenters. The van der Waals surface area contributed by atoms with Crippen molar-refractivity contribution in [1.29, 1.82) is 0 Å².